The summed E-state index contributed by atoms with van der Waals surface area (Å²) in [5.74, 6) is 0.649. The number of aromatic amines is 1. The molecule has 2 aromatic rings. The molecule has 0 saturated carbocycles. The van der Waals surface area contributed by atoms with Crippen LogP contribution in [0.4, 0.5) is 5.95 Å². The average Bonchev–Trinajstić information content (AvgIpc) is 2.84. The van der Waals surface area contributed by atoms with Crippen LogP contribution in [0, 0.1) is 0 Å². The van der Waals surface area contributed by atoms with Gasteiger partial charge in [-0.05, 0) is 13.3 Å². The van der Waals surface area contributed by atoms with Crippen molar-refractivity contribution in [2.24, 2.45) is 7.05 Å². The van der Waals surface area contributed by atoms with Crippen molar-refractivity contribution >= 4 is 17.1 Å². The number of hydrogen-bond donors (Lipinski definition) is 2. The predicted octanol–water partition coefficient (Wildman–Crippen LogP) is 1.44. The van der Waals surface area contributed by atoms with E-state index < -0.39 is 5.69 Å². The molecule has 0 aromatic carbocycles. The Morgan fingerprint density at radius 2 is 1.95 bits per heavy atom. The molecule has 2 rings (SSSR count). The van der Waals surface area contributed by atoms with Gasteiger partial charge in [-0.25, -0.2) is 4.79 Å². The summed E-state index contributed by atoms with van der Waals surface area (Å²) < 4.78 is 3.18. The average molecular weight is 293 g/mol. The van der Waals surface area contributed by atoms with Crippen molar-refractivity contribution in [1.82, 2.24) is 19.1 Å². The fourth-order valence-corrected chi connectivity index (χ4v) is 2.43. The van der Waals surface area contributed by atoms with Crippen LogP contribution in [0.1, 0.15) is 39.5 Å². The third kappa shape index (κ3) is 3.01. The molecule has 2 heterocycles. The minimum atomic E-state index is -0.442. The lowest BCUT2D eigenvalue weighted by atomic mass is 10.2. The van der Waals surface area contributed by atoms with Gasteiger partial charge >= 0.3 is 5.69 Å². The second-order valence-electron chi connectivity index (χ2n) is 5.16. The van der Waals surface area contributed by atoms with Crippen molar-refractivity contribution in [3.8, 4) is 0 Å². The zero-order chi connectivity index (χ0) is 15.4. The van der Waals surface area contributed by atoms with Crippen LogP contribution < -0.4 is 16.6 Å². The molecule has 0 radical (unpaired) electrons. The number of aryl methyl sites for hydroxylation is 2. The highest BCUT2D eigenvalue weighted by Gasteiger charge is 2.15. The van der Waals surface area contributed by atoms with Crippen molar-refractivity contribution in [2.75, 3.05) is 11.9 Å². The first-order chi connectivity index (χ1) is 10.1. The van der Waals surface area contributed by atoms with E-state index in [1.165, 1.54) is 23.8 Å². The second kappa shape index (κ2) is 6.60. The van der Waals surface area contributed by atoms with Gasteiger partial charge < -0.3 is 9.88 Å². The van der Waals surface area contributed by atoms with E-state index in [0.717, 1.165) is 13.0 Å². The van der Waals surface area contributed by atoms with Gasteiger partial charge in [0.1, 0.15) is 0 Å². The van der Waals surface area contributed by atoms with Crippen LogP contribution in [0.15, 0.2) is 9.59 Å². The van der Waals surface area contributed by atoms with E-state index in [9.17, 15) is 9.59 Å². The van der Waals surface area contributed by atoms with Gasteiger partial charge in [0.2, 0.25) is 5.95 Å². The summed E-state index contributed by atoms with van der Waals surface area (Å²) in [7, 11) is 1.61. The number of fused-ring (bicyclic) bond motifs is 1. The Balaban J connectivity index is 2.32. The summed E-state index contributed by atoms with van der Waals surface area (Å²) in [6.07, 6.45) is 4.66. The Labute approximate surface area is 123 Å². The number of nitrogens with one attached hydrogen (secondary N) is 2. The van der Waals surface area contributed by atoms with Gasteiger partial charge in [-0.15, -0.1) is 0 Å². The lowest BCUT2D eigenvalue weighted by Gasteiger charge is -2.07. The van der Waals surface area contributed by atoms with E-state index in [0.29, 0.717) is 23.7 Å². The Kier molecular flexibility index (Phi) is 4.82. The Morgan fingerprint density at radius 3 is 2.62 bits per heavy atom. The maximum absolute atomic E-state index is 12.0. The van der Waals surface area contributed by atoms with Crippen LogP contribution in [0.3, 0.4) is 0 Å². The van der Waals surface area contributed by atoms with Crippen molar-refractivity contribution in [3.63, 3.8) is 0 Å². The van der Waals surface area contributed by atoms with Crippen LogP contribution >= 0.6 is 0 Å². The van der Waals surface area contributed by atoms with Crippen LogP contribution in [0.25, 0.3) is 11.2 Å². The fraction of sp³-hybridized carbons (Fsp3) is 0.643. The van der Waals surface area contributed by atoms with Crippen LogP contribution in [-0.2, 0) is 13.6 Å². The monoisotopic (exact) mass is 293 g/mol. The van der Waals surface area contributed by atoms with E-state index in [1.807, 2.05) is 11.5 Å². The molecule has 0 amide bonds. The number of aromatic nitrogens is 4. The first-order valence-corrected chi connectivity index (χ1v) is 7.53. The summed E-state index contributed by atoms with van der Waals surface area (Å²) in [6, 6.07) is 0. The molecule has 116 valence electrons. The Morgan fingerprint density at radius 1 is 1.19 bits per heavy atom. The van der Waals surface area contributed by atoms with E-state index in [-0.39, 0.29) is 5.56 Å². The lowest BCUT2D eigenvalue weighted by molar-refractivity contribution is 0.679. The smallest absolute Gasteiger partial charge is 0.329 e. The fourth-order valence-electron chi connectivity index (χ4n) is 2.43. The maximum Gasteiger partial charge on any atom is 0.329 e. The number of rotatable bonds is 7. The zero-order valence-corrected chi connectivity index (χ0v) is 12.9. The topological polar surface area (TPSA) is 84.7 Å². The van der Waals surface area contributed by atoms with Gasteiger partial charge in [0.05, 0.1) is 0 Å². The molecule has 7 heteroatoms. The molecule has 0 atom stereocenters. The molecule has 0 aliphatic rings. The minimum absolute atomic E-state index is 0.388. The molecular weight excluding hydrogens is 270 g/mol. The summed E-state index contributed by atoms with van der Waals surface area (Å²) >= 11 is 0. The van der Waals surface area contributed by atoms with E-state index in [1.54, 1.807) is 7.05 Å². The predicted molar refractivity (Wildman–Crippen MR) is 83.9 cm³/mol. The zero-order valence-electron chi connectivity index (χ0n) is 12.9. The lowest BCUT2D eigenvalue weighted by Crippen LogP contribution is -2.29. The molecule has 0 saturated heterocycles. The number of nitrogens with zero attached hydrogens (tertiary/aromatic N) is 3. The first-order valence-electron chi connectivity index (χ1n) is 7.53. The molecule has 21 heavy (non-hydrogen) atoms. The van der Waals surface area contributed by atoms with Crippen molar-refractivity contribution in [2.45, 2.75) is 46.1 Å². The number of unbranched alkanes of at least 4 members (excludes halogenated alkanes) is 3. The third-order valence-corrected chi connectivity index (χ3v) is 3.64. The second-order valence-corrected chi connectivity index (χ2v) is 5.16. The molecule has 0 aliphatic carbocycles. The van der Waals surface area contributed by atoms with E-state index >= 15 is 0 Å². The van der Waals surface area contributed by atoms with Gasteiger partial charge in [0, 0.05) is 20.1 Å². The number of hydrogen-bond acceptors (Lipinski definition) is 4. The van der Waals surface area contributed by atoms with Gasteiger partial charge in [-0.3, -0.25) is 14.3 Å². The van der Waals surface area contributed by atoms with Gasteiger partial charge in [0.25, 0.3) is 5.56 Å². The largest absolute Gasteiger partial charge is 0.356 e. The minimum Gasteiger partial charge on any atom is -0.356 e. The molecule has 0 aliphatic heterocycles. The van der Waals surface area contributed by atoms with Crippen molar-refractivity contribution in [1.29, 1.82) is 0 Å². The molecule has 0 spiro atoms. The van der Waals surface area contributed by atoms with Gasteiger partial charge in [-0.1, -0.05) is 26.2 Å². The van der Waals surface area contributed by atoms with Gasteiger partial charge in [-0.2, -0.15) is 4.98 Å². The molecule has 7 nitrogen and oxygen atoms in total. The molecule has 2 aromatic heterocycles. The number of H-pyrrole nitrogens is 1. The molecule has 0 fully saturated rings. The molecular formula is C14H23N5O2. The SMILES string of the molecule is CCCCCCNc1nc2c(c(=O)[nH]c(=O)n2C)n1CC. The van der Waals surface area contributed by atoms with Crippen molar-refractivity contribution in [3.05, 3.63) is 20.8 Å². The third-order valence-electron chi connectivity index (χ3n) is 3.64. The number of anilines is 1. The standard InChI is InChI=1S/C14H23N5O2/c1-4-6-7-8-9-15-13-16-11-10(19(13)5-2)12(20)17-14(21)18(11)3/h4-9H2,1-3H3,(H,15,16)(H,17,20,21). The van der Waals surface area contributed by atoms with Crippen molar-refractivity contribution < 1.29 is 0 Å². The highest BCUT2D eigenvalue weighted by Crippen LogP contribution is 2.15. The van der Waals surface area contributed by atoms with Crippen LogP contribution in [-0.4, -0.2) is 25.6 Å². The molecule has 0 bridgehead atoms. The number of imidazole rings is 1. The van der Waals surface area contributed by atoms with Crippen LogP contribution in [0.2, 0.25) is 0 Å². The highest BCUT2D eigenvalue weighted by atomic mass is 16.2. The Bertz CT molecular complexity index is 725. The summed E-state index contributed by atoms with van der Waals surface area (Å²) in [6.45, 7) is 5.56. The van der Waals surface area contributed by atoms with Gasteiger partial charge in [0.15, 0.2) is 11.2 Å². The first kappa shape index (κ1) is 15.3. The normalized spacial score (nSPS) is 11.2. The van der Waals surface area contributed by atoms with E-state index in [2.05, 4.69) is 22.2 Å². The Hall–Kier alpha value is -2.05. The molecule has 0 unspecified atom stereocenters. The van der Waals surface area contributed by atoms with E-state index in [4.69, 9.17) is 0 Å². The summed E-state index contributed by atoms with van der Waals surface area (Å²) in [4.78, 5) is 30.4. The molecule has 2 N–H and O–H groups in total. The quantitative estimate of drug-likeness (QED) is 0.756. The highest BCUT2D eigenvalue weighted by molar-refractivity contribution is 5.74. The maximum atomic E-state index is 12.0. The summed E-state index contributed by atoms with van der Waals surface area (Å²) in [5, 5.41) is 3.27. The van der Waals surface area contributed by atoms with Crippen LogP contribution in [0.5, 0.6) is 0 Å². The summed E-state index contributed by atoms with van der Waals surface area (Å²) in [5.41, 5.74) is 0.0292.